The molecular formula is C23H38N6O4. The molecule has 33 heavy (non-hydrogen) atoms. The van der Waals surface area contributed by atoms with Crippen molar-refractivity contribution in [2.24, 2.45) is 17.6 Å². The van der Waals surface area contributed by atoms with Gasteiger partial charge in [-0.25, -0.2) is 4.79 Å². The second-order valence-corrected chi connectivity index (χ2v) is 9.45. The lowest BCUT2D eigenvalue weighted by Gasteiger charge is -2.31. The van der Waals surface area contributed by atoms with Crippen LogP contribution in [0, 0.1) is 34.5 Å². The number of rotatable bonds is 5. The summed E-state index contributed by atoms with van der Waals surface area (Å²) in [6.45, 7) is 5.47. The maximum absolute atomic E-state index is 12.0. The summed E-state index contributed by atoms with van der Waals surface area (Å²) in [7, 11) is 0. The summed E-state index contributed by atoms with van der Waals surface area (Å²) >= 11 is 0. The number of hydrogen-bond donors (Lipinski definition) is 4. The minimum absolute atomic E-state index is 0.00547. The fourth-order valence-electron chi connectivity index (χ4n) is 4.08. The van der Waals surface area contributed by atoms with E-state index in [1.807, 2.05) is 12.1 Å². The van der Waals surface area contributed by atoms with Gasteiger partial charge in [0.2, 0.25) is 11.8 Å². The molecule has 5 N–H and O–H groups in total. The molecule has 10 nitrogen and oxygen atoms in total. The Labute approximate surface area is 196 Å². The highest BCUT2D eigenvalue weighted by Gasteiger charge is 2.33. The number of nitrogens with two attached hydrogens (primary N) is 1. The Kier molecular flexibility index (Phi) is 12.2. The average molecular weight is 463 g/mol. The summed E-state index contributed by atoms with van der Waals surface area (Å²) in [5, 5.41) is 24.7. The SMILES string of the molecule is CC(C)(C)OC(=O)N[C@H]1CCCC[C@H]1C(=O)NCC#N.N#CCNC(=O)[C@@H]1CCCC[C@@H]1N. The fourth-order valence-corrected chi connectivity index (χ4v) is 4.08. The Balaban J connectivity index is 0.000000361. The van der Waals surface area contributed by atoms with Gasteiger partial charge in [0, 0.05) is 12.1 Å². The molecule has 0 aliphatic heterocycles. The third-order valence-corrected chi connectivity index (χ3v) is 5.64. The maximum Gasteiger partial charge on any atom is 0.407 e. The summed E-state index contributed by atoms with van der Waals surface area (Å²) in [6, 6.07) is 3.51. The Morgan fingerprint density at radius 1 is 0.879 bits per heavy atom. The molecule has 0 aromatic carbocycles. The van der Waals surface area contributed by atoms with Gasteiger partial charge < -0.3 is 26.4 Å². The molecule has 2 aliphatic carbocycles. The predicted octanol–water partition coefficient (Wildman–Crippen LogP) is 1.85. The topological polar surface area (TPSA) is 170 Å². The zero-order valence-electron chi connectivity index (χ0n) is 20.0. The van der Waals surface area contributed by atoms with Crippen molar-refractivity contribution in [3.8, 4) is 12.1 Å². The lowest BCUT2D eigenvalue weighted by atomic mass is 9.84. The molecule has 0 heterocycles. The first kappa shape index (κ1) is 28.2. The van der Waals surface area contributed by atoms with Crippen LogP contribution in [0.5, 0.6) is 0 Å². The maximum atomic E-state index is 12.0. The second-order valence-electron chi connectivity index (χ2n) is 9.45. The zero-order chi connectivity index (χ0) is 24.9. The molecule has 2 rings (SSSR count). The van der Waals surface area contributed by atoms with Gasteiger partial charge in [-0.3, -0.25) is 9.59 Å². The van der Waals surface area contributed by atoms with Gasteiger partial charge in [-0.15, -0.1) is 0 Å². The number of ether oxygens (including phenoxy) is 1. The first-order valence-corrected chi connectivity index (χ1v) is 11.6. The molecule has 184 valence electrons. The van der Waals surface area contributed by atoms with Crippen molar-refractivity contribution < 1.29 is 19.1 Å². The van der Waals surface area contributed by atoms with Crippen molar-refractivity contribution >= 4 is 17.9 Å². The standard InChI is InChI=1S/C14H23N3O3.C9H15N3O/c1-14(2,3)20-13(19)17-11-7-5-4-6-10(11)12(18)16-9-8-15;10-5-6-12-9(13)7-3-1-2-4-8(7)11/h10-11H,4-7,9H2,1-3H3,(H,16,18)(H,17,19);7-8H,1-4,6,11H2,(H,12,13)/t10-,11+;7-,8+/m11/s1. The van der Waals surface area contributed by atoms with E-state index in [-0.39, 0.29) is 48.8 Å². The number of hydrogen-bond acceptors (Lipinski definition) is 7. The van der Waals surface area contributed by atoms with Crippen LogP contribution in [0.25, 0.3) is 0 Å². The van der Waals surface area contributed by atoms with Gasteiger partial charge in [-0.1, -0.05) is 25.7 Å². The Morgan fingerprint density at radius 3 is 1.88 bits per heavy atom. The van der Waals surface area contributed by atoms with Crippen LogP contribution in [0.15, 0.2) is 0 Å². The van der Waals surface area contributed by atoms with E-state index in [0.717, 1.165) is 51.4 Å². The van der Waals surface area contributed by atoms with Gasteiger partial charge in [0.05, 0.1) is 24.0 Å². The van der Waals surface area contributed by atoms with E-state index in [2.05, 4.69) is 16.0 Å². The van der Waals surface area contributed by atoms with Gasteiger partial charge in [-0.2, -0.15) is 10.5 Å². The minimum Gasteiger partial charge on any atom is -0.444 e. The molecule has 2 fully saturated rings. The van der Waals surface area contributed by atoms with E-state index in [4.69, 9.17) is 21.0 Å². The van der Waals surface area contributed by atoms with E-state index in [9.17, 15) is 14.4 Å². The number of alkyl carbamates (subject to hydrolysis) is 1. The predicted molar refractivity (Wildman–Crippen MR) is 122 cm³/mol. The number of amides is 3. The van der Waals surface area contributed by atoms with Gasteiger partial charge in [0.1, 0.15) is 18.7 Å². The summed E-state index contributed by atoms with van der Waals surface area (Å²) < 4.78 is 5.22. The van der Waals surface area contributed by atoms with E-state index < -0.39 is 11.7 Å². The molecule has 0 radical (unpaired) electrons. The molecule has 4 atom stereocenters. The third-order valence-electron chi connectivity index (χ3n) is 5.64. The van der Waals surface area contributed by atoms with E-state index in [1.54, 1.807) is 20.8 Å². The van der Waals surface area contributed by atoms with Crippen molar-refractivity contribution in [1.82, 2.24) is 16.0 Å². The van der Waals surface area contributed by atoms with Crippen LogP contribution in [-0.4, -0.2) is 48.7 Å². The van der Waals surface area contributed by atoms with Crippen LogP contribution in [0.4, 0.5) is 4.79 Å². The highest BCUT2D eigenvalue weighted by Crippen LogP contribution is 2.25. The number of nitrogens with zero attached hydrogens (tertiary/aromatic N) is 2. The molecular weight excluding hydrogens is 424 g/mol. The third kappa shape index (κ3) is 11.0. The quantitative estimate of drug-likeness (QED) is 0.452. The Bertz CT molecular complexity index is 737. The highest BCUT2D eigenvalue weighted by atomic mass is 16.6. The molecule has 3 amide bonds. The molecule has 0 unspecified atom stereocenters. The summed E-state index contributed by atoms with van der Waals surface area (Å²) in [6.07, 6.45) is 6.87. The smallest absolute Gasteiger partial charge is 0.407 e. The first-order chi connectivity index (χ1) is 15.6. The molecule has 0 aromatic heterocycles. The largest absolute Gasteiger partial charge is 0.444 e. The van der Waals surface area contributed by atoms with Crippen molar-refractivity contribution in [3.05, 3.63) is 0 Å². The number of nitriles is 2. The normalized spacial score (nSPS) is 24.5. The van der Waals surface area contributed by atoms with Crippen LogP contribution in [0.1, 0.15) is 72.1 Å². The van der Waals surface area contributed by atoms with Crippen molar-refractivity contribution in [2.75, 3.05) is 13.1 Å². The van der Waals surface area contributed by atoms with Crippen LogP contribution >= 0.6 is 0 Å². The number of carbonyl (C=O) groups is 3. The monoisotopic (exact) mass is 462 g/mol. The van der Waals surface area contributed by atoms with Gasteiger partial charge in [0.15, 0.2) is 0 Å². The van der Waals surface area contributed by atoms with Gasteiger partial charge >= 0.3 is 6.09 Å². The number of nitrogens with one attached hydrogen (secondary N) is 3. The van der Waals surface area contributed by atoms with Gasteiger partial charge in [-0.05, 0) is 46.5 Å². The minimum atomic E-state index is -0.558. The van der Waals surface area contributed by atoms with Crippen LogP contribution in [-0.2, 0) is 14.3 Å². The summed E-state index contributed by atoms with van der Waals surface area (Å²) in [5.41, 5.74) is 5.25. The van der Waals surface area contributed by atoms with Crippen LogP contribution in [0.3, 0.4) is 0 Å². The molecule has 2 aliphatic rings. The van der Waals surface area contributed by atoms with Crippen LogP contribution < -0.4 is 21.7 Å². The van der Waals surface area contributed by atoms with E-state index in [0.29, 0.717) is 0 Å². The average Bonchev–Trinajstić information content (AvgIpc) is 2.75. The Hall–Kier alpha value is -2.85. The number of carbonyl (C=O) groups excluding carboxylic acids is 3. The van der Waals surface area contributed by atoms with E-state index in [1.165, 1.54) is 0 Å². The molecule has 0 bridgehead atoms. The molecule has 0 aromatic rings. The lowest BCUT2D eigenvalue weighted by Crippen LogP contribution is -2.49. The summed E-state index contributed by atoms with van der Waals surface area (Å²) in [4.78, 5) is 35.2. The first-order valence-electron chi connectivity index (χ1n) is 11.6. The molecule has 0 saturated heterocycles. The van der Waals surface area contributed by atoms with Crippen molar-refractivity contribution in [2.45, 2.75) is 89.8 Å². The van der Waals surface area contributed by atoms with Crippen molar-refractivity contribution in [3.63, 3.8) is 0 Å². The fraction of sp³-hybridized carbons (Fsp3) is 0.783. The van der Waals surface area contributed by atoms with Gasteiger partial charge in [0.25, 0.3) is 0 Å². The Morgan fingerprint density at radius 2 is 1.36 bits per heavy atom. The molecule has 0 spiro atoms. The highest BCUT2D eigenvalue weighted by molar-refractivity contribution is 5.81. The van der Waals surface area contributed by atoms with E-state index >= 15 is 0 Å². The lowest BCUT2D eigenvalue weighted by molar-refractivity contribution is -0.127. The molecule has 10 heteroatoms. The zero-order valence-corrected chi connectivity index (χ0v) is 20.0. The molecule has 2 saturated carbocycles. The second kappa shape index (κ2) is 14.3. The van der Waals surface area contributed by atoms with Crippen molar-refractivity contribution in [1.29, 1.82) is 10.5 Å². The summed E-state index contributed by atoms with van der Waals surface area (Å²) in [5.74, 6) is -0.604. The van der Waals surface area contributed by atoms with Crippen LogP contribution in [0.2, 0.25) is 0 Å².